The molecule has 2 aromatic heterocycles. The van der Waals surface area contributed by atoms with Gasteiger partial charge < -0.3 is 25.3 Å². The molecule has 2 aromatic rings. The molecule has 0 radical (unpaired) electrons. The minimum atomic E-state index is -0.582. The molecule has 35 heavy (non-hydrogen) atoms. The zero-order valence-corrected chi connectivity index (χ0v) is 20.0. The van der Waals surface area contributed by atoms with Crippen LogP contribution in [0.2, 0.25) is 0 Å². The van der Waals surface area contributed by atoms with Crippen molar-refractivity contribution in [2.45, 2.75) is 25.8 Å². The summed E-state index contributed by atoms with van der Waals surface area (Å²) in [7, 11) is 2.11. The van der Waals surface area contributed by atoms with Crippen molar-refractivity contribution in [3.8, 4) is 6.07 Å². The fourth-order valence-corrected chi connectivity index (χ4v) is 4.28. The second-order valence-electron chi connectivity index (χ2n) is 8.70. The van der Waals surface area contributed by atoms with Crippen molar-refractivity contribution in [2.75, 3.05) is 61.8 Å². The van der Waals surface area contributed by atoms with E-state index >= 15 is 0 Å². The zero-order chi connectivity index (χ0) is 24.8. The van der Waals surface area contributed by atoms with Gasteiger partial charge in [-0.25, -0.2) is 14.4 Å². The highest BCUT2D eigenvalue weighted by atomic mass is 19.1. The van der Waals surface area contributed by atoms with E-state index in [4.69, 9.17) is 5.26 Å². The molecule has 0 bridgehead atoms. The number of carbonyl (C=O) groups is 1. The molecule has 2 aliphatic heterocycles. The number of amides is 1. The third-order valence-electron chi connectivity index (χ3n) is 6.36. The summed E-state index contributed by atoms with van der Waals surface area (Å²) in [4.78, 5) is 31.6. The molecule has 2 saturated heterocycles. The van der Waals surface area contributed by atoms with E-state index < -0.39 is 5.82 Å². The Morgan fingerprint density at radius 3 is 2.71 bits per heavy atom. The Hall–Kier alpha value is -3.78. The van der Waals surface area contributed by atoms with Crippen molar-refractivity contribution in [1.82, 2.24) is 24.8 Å². The van der Waals surface area contributed by atoms with Gasteiger partial charge in [0.25, 0.3) is 5.91 Å². The molecule has 1 atom stereocenters. The lowest BCUT2D eigenvalue weighted by Crippen LogP contribution is -2.44. The molecular formula is C24H30FN9O. The van der Waals surface area contributed by atoms with Gasteiger partial charge >= 0.3 is 0 Å². The second-order valence-corrected chi connectivity index (χ2v) is 8.70. The van der Waals surface area contributed by atoms with E-state index in [1.807, 2.05) is 18.2 Å². The summed E-state index contributed by atoms with van der Waals surface area (Å²) in [6, 6.07) is 5.63. The Bertz CT molecular complexity index is 1110. The predicted molar refractivity (Wildman–Crippen MR) is 132 cm³/mol. The Kier molecular flexibility index (Phi) is 7.72. The van der Waals surface area contributed by atoms with Crippen molar-refractivity contribution in [2.24, 2.45) is 0 Å². The van der Waals surface area contributed by atoms with Crippen LogP contribution < -0.4 is 15.5 Å². The molecule has 11 heteroatoms. The van der Waals surface area contributed by atoms with Gasteiger partial charge in [0, 0.05) is 45.3 Å². The standard InChI is InChI=1S/C24H30FN9O/c1-3-17(13-26)23(35)34-8-4-5-19(34)15-28-22-20(25)16-29-24(31-22)30-18-6-7-21(27-14-18)33-11-9-32(2)10-12-33/h3,6-7,14,16,19H,4-5,8-12,15H2,1-2H3,(H2,28,29,30,31). The van der Waals surface area contributed by atoms with Crippen LogP contribution in [0.25, 0.3) is 0 Å². The van der Waals surface area contributed by atoms with Crippen LogP contribution >= 0.6 is 0 Å². The van der Waals surface area contributed by atoms with E-state index in [1.54, 1.807) is 18.0 Å². The third-order valence-corrected chi connectivity index (χ3v) is 6.36. The van der Waals surface area contributed by atoms with Gasteiger partial charge in [-0.2, -0.15) is 10.2 Å². The van der Waals surface area contributed by atoms with Crippen LogP contribution in [0.5, 0.6) is 0 Å². The first-order chi connectivity index (χ1) is 17.0. The van der Waals surface area contributed by atoms with E-state index in [0.717, 1.165) is 51.0 Å². The molecule has 2 fully saturated rings. The number of hydrogen-bond acceptors (Lipinski definition) is 9. The van der Waals surface area contributed by atoms with Crippen LogP contribution in [0.15, 0.2) is 36.2 Å². The quantitative estimate of drug-likeness (QED) is 0.456. The van der Waals surface area contributed by atoms with Crippen molar-refractivity contribution in [1.29, 1.82) is 5.26 Å². The number of rotatable bonds is 7. The maximum atomic E-state index is 14.4. The summed E-state index contributed by atoms with van der Waals surface area (Å²) in [5, 5.41) is 15.2. The Balaban J connectivity index is 1.37. The number of aromatic nitrogens is 3. The fraction of sp³-hybridized carbons (Fsp3) is 0.458. The summed E-state index contributed by atoms with van der Waals surface area (Å²) in [6.45, 7) is 6.43. The molecule has 0 aromatic carbocycles. The minimum absolute atomic E-state index is 0.0513. The zero-order valence-electron chi connectivity index (χ0n) is 20.0. The van der Waals surface area contributed by atoms with E-state index in [1.165, 1.54) is 6.08 Å². The number of carbonyl (C=O) groups excluding carboxylic acids is 1. The molecule has 2 N–H and O–H groups in total. The highest BCUT2D eigenvalue weighted by Crippen LogP contribution is 2.22. The summed E-state index contributed by atoms with van der Waals surface area (Å²) in [6.07, 6.45) is 5.93. The molecule has 4 heterocycles. The van der Waals surface area contributed by atoms with Gasteiger partial charge in [-0.1, -0.05) is 6.08 Å². The number of piperazine rings is 1. The summed E-state index contributed by atoms with van der Waals surface area (Å²) in [5.74, 6) is 0.330. The van der Waals surface area contributed by atoms with Crippen molar-refractivity contribution < 1.29 is 9.18 Å². The maximum absolute atomic E-state index is 14.4. The van der Waals surface area contributed by atoms with Crippen molar-refractivity contribution >= 4 is 29.2 Å². The SMILES string of the molecule is CC=C(C#N)C(=O)N1CCCC1CNc1nc(Nc2ccc(N3CCN(C)CC3)nc2)ncc1F. The number of nitriles is 1. The van der Waals surface area contributed by atoms with Crippen LogP contribution in [-0.4, -0.2) is 83.0 Å². The lowest BCUT2D eigenvalue weighted by molar-refractivity contribution is -0.127. The van der Waals surface area contributed by atoms with Gasteiger partial charge in [0.05, 0.1) is 18.1 Å². The molecule has 10 nitrogen and oxygen atoms in total. The van der Waals surface area contributed by atoms with Crippen LogP contribution in [0.4, 0.5) is 27.7 Å². The highest BCUT2D eigenvalue weighted by molar-refractivity contribution is 5.97. The van der Waals surface area contributed by atoms with Crippen molar-refractivity contribution in [3.05, 3.63) is 42.0 Å². The molecule has 0 spiro atoms. The first kappa shape index (κ1) is 24.3. The average molecular weight is 480 g/mol. The van der Waals surface area contributed by atoms with Crippen LogP contribution in [-0.2, 0) is 4.79 Å². The summed E-state index contributed by atoms with van der Waals surface area (Å²) in [5.41, 5.74) is 0.812. The second kappa shape index (κ2) is 11.1. The molecule has 184 valence electrons. The lowest BCUT2D eigenvalue weighted by Gasteiger charge is -2.33. The van der Waals surface area contributed by atoms with Gasteiger partial charge in [-0.15, -0.1) is 0 Å². The van der Waals surface area contributed by atoms with Crippen LogP contribution in [0, 0.1) is 17.1 Å². The first-order valence-corrected chi connectivity index (χ1v) is 11.8. The van der Waals surface area contributed by atoms with Crippen LogP contribution in [0.3, 0.4) is 0 Å². The number of likely N-dealkylation sites (N-methyl/N-ethyl adjacent to an activating group) is 1. The number of anilines is 4. The minimum Gasteiger partial charge on any atom is -0.365 e. The van der Waals surface area contributed by atoms with Gasteiger partial charge in [-0.3, -0.25) is 4.79 Å². The first-order valence-electron chi connectivity index (χ1n) is 11.8. The third kappa shape index (κ3) is 5.84. The summed E-state index contributed by atoms with van der Waals surface area (Å²) >= 11 is 0. The van der Waals surface area contributed by atoms with Gasteiger partial charge in [0.15, 0.2) is 11.6 Å². The lowest BCUT2D eigenvalue weighted by atomic mass is 10.2. The fourth-order valence-electron chi connectivity index (χ4n) is 4.28. The molecule has 0 aliphatic carbocycles. The Labute approximate surface area is 204 Å². The molecular weight excluding hydrogens is 449 g/mol. The smallest absolute Gasteiger partial charge is 0.264 e. The number of allylic oxidation sites excluding steroid dienone is 1. The maximum Gasteiger partial charge on any atom is 0.264 e. The monoisotopic (exact) mass is 479 g/mol. The van der Waals surface area contributed by atoms with E-state index in [9.17, 15) is 9.18 Å². The van der Waals surface area contributed by atoms with E-state index in [2.05, 4.69) is 42.4 Å². The normalized spacial score (nSPS) is 18.9. The molecule has 1 unspecified atom stereocenters. The average Bonchev–Trinajstić information content (AvgIpc) is 3.35. The number of halogens is 1. The number of hydrogen-bond donors (Lipinski definition) is 2. The molecule has 1 amide bonds. The topological polar surface area (TPSA) is 113 Å². The predicted octanol–water partition coefficient (Wildman–Crippen LogP) is 2.38. The largest absolute Gasteiger partial charge is 0.365 e. The number of likely N-dealkylation sites (tertiary alicyclic amines) is 1. The number of nitrogens with zero attached hydrogens (tertiary/aromatic N) is 7. The summed E-state index contributed by atoms with van der Waals surface area (Å²) < 4.78 is 14.4. The Morgan fingerprint density at radius 1 is 1.23 bits per heavy atom. The number of pyridine rings is 1. The Morgan fingerprint density at radius 2 is 2.03 bits per heavy atom. The van der Waals surface area contributed by atoms with E-state index in [-0.39, 0.29) is 29.3 Å². The number of nitrogens with one attached hydrogen (secondary N) is 2. The van der Waals surface area contributed by atoms with E-state index in [0.29, 0.717) is 18.8 Å². The van der Waals surface area contributed by atoms with Crippen molar-refractivity contribution in [3.63, 3.8) is 0 Å². The molecule has 2 aliphatic rings. The van der Waals surface area contributed by atoms with Crippen LogP contribution in [0.1, 0.15) is 19.8 Å². The molecule has 4 rings (SSSR count). The van der Waals surface area contributed by atoms with Gasteiger partial charge in [-0.05, 0) is 38.9 Å². The van der Waals surface area contributed by atoms with Gasteiger partial charge in [0.1, 0.15) is 17.5 Å². The highest BCUT2D eigenvalue weighted by Gasteiger charge is 2.30. The molecule has 0 saturated carbocycles. The van der Waals surface area contributed by atoms with Gasteiger partial charge in [0.2, 0.25) is 5.95 Å².